The molecule has 1 saturated heterocycles. The minimum atomic E-state index is -0.693. The average Bonchev–Trinajstić information content (AvgIpc) is 3.15. The molecule has 1 atom stereocenters. The summed E-state index contributed by atoms with van der Waals surface area (Å²) in [5, 5.41) is 22.6. The number of carbonyl (C=O) groups is 1. The monoisotopic (exact) mass is 408 g/mol. The Kier molecular flexibility index (Phi) is 6.47. The van der Waals surface area contributed by atoms with E-state index in [1.165, 1.54) is 0 Å². The van der Waals surface area contributed by atoms with Crippen molar-refractivity contribution in [2.24, 2.45) is 11.3 Å². The number of nitrogens with zero attached hydrogens (tertiary/aromatic N) is 2. The highest BCUT2D eigenvalue weighted by atomic mass is 35.5. The number of hydrogen-bond donors (Lipinski definition) is 3. The van der Waals surface area contributed by atoms with Crippen molar-refractivity contribution in [3.8, 4) is 0 Å². The lowest BCUT2D eigenvalue weighted by Crippen LogP contribution is -2.47. The van der Waals surface area contributed by atoms with Crippen LogP contribution in [0.25, 0.3) is 10.9 Å². The molecule has 0 unspecified atom stereocenters. The summed E-state index contributed by atoms with van der Waals surface area (Å²) in [5.41, 5.74) is 1.21. The molecule has 1 aromatic heterocycles. The summed E-state index contributed by atoms with van der Waals surface area (Å²) in [7, 11) is 1.61. The highest BCUT2D eigenvalue weighted by Crippen LogP contribution is 2.46. The van der Waals surface area contributed by atoms with Gasteiger partial charge in [-0.3, -0.25) is 5.10 Å². The van der Waals surface area contributed by atoms with Crippen molar-refractivity contribution in [3.05, 3.63) is 28.9 Å². The molecule has 0 spiro atoms. The predicted octanol–water partition coefficient (Wildman–Crippen LogP) is 3.34. The van der Waals surface area contributed by atoms with Crippen LogP contribution in [0.4, 0.5) is 4.79 Å². The van der Waals surface area contributed by atoms with E-state index in [1.807, 2.05) is 17.0 Å². The Bertz CT molecular complexity index is 815. The molecule has 28 heavy (non-hydrogen) atoms. The maximum absolute atomic E-state index is 12.2. The zero-order valence-corrected chi connectivity index (χ0v) is 17.4. The number of halogens is 1. The number of H-pyrrole nitrogens is 1. The van der Waals surface area contributed by atoms with Crippen molar-refractivity contribution in [2.45, 2.75) is 32.8 Å². The fourth-order valence-corrected chi connectivity index (χ4v) is 4.32. The number of aliphatic hydroxyl groups is 1. The molecule has 7 nitrogen and oxygen atoms in total. The molecule has 3 rings (SSSR count). The average molecular weight is 409 g/mol. The number of piperidine rings is 1. The largest absolute Gasteiger partial charge is 0.388 e. The standard InChI is InChI=1S/C20H29ClN4O3/c1-20(2,14-4-7-25(8-5-14)19(27)22-6-9-28-3)18(26)16-11-15(21)10-13-12-23-24-17(13)16/h10-12,14,18,26H,4-9H2,1-3H3,(H,22,27)(H,23,24)/t18-/m1/s1. The number of nitrogens with one attached hydrogen (secondary N) is 2. The van der Waals surface area contributed by atoms with E-state index in [0.717, 1.165) is 29.3 Å². The Hall–Kier alpha value is -1.83. The number of methoxy groups -OCH3 is 1. The van der Waals surface area contributed by atoms with Gasteiger partial charge < -0.3 is 20.1 Å². The smallest absolute Gasteiger partial charge is 0.317 e. The summed E-state index contributed by atoms with van der Waals surface area (Å²) in [5.74, 6) is 0.280. The van der Waals surface area contributed by atoms with Crippen molar-refractivity contribution in [1.82, 2.24) is 20.4 Å². The first-order chi connectivity index (χ1) is 13.3. The third-order valence-corrected chi connectivity index (χ3v) is 6.18. The number of carbonyl (C=O) groups excluding carboxylic acids is 1. The van der Waals surface area contributed by atoms with Gasteiger partial charge >= 0.3 is 6.03 Å². The quantitative estimate of drug-likeness (QED) is 0.639. The normalized spacial score (nSPS) is 17.1. The van der Waals surface area contributed by atoms with Gasteiger partial charge in [0, 0.05) is 42.7 Å². The van der Waals surface area contributed by atoms with Gasteiger partial charge in [0.15, 0.2) is 0 Å². The Morgan fingerprint density at radius 2 is 2.18 bits per heavy atom. The van der Waals surface area contributed by atoms with Crippen LogP contribution < -0.4 is 5.32 Å². The lowest BCUT2D eigenvalue weighted by molar-refractivity contribution is -0.0143. The maximum Gasteiger partial charge on any atom is 0.317 e. The number of likely N-dealkylation sites (tertiary alicyclic amines) is 1. The molecular formula is C20H29ClN4O3. The Morgan fingerprint density at radius 3 is 2.86 bits per heavy atom. The molecule has 2 aromatic rings. The first-order valence-corrected chi connectivity index (χ1v) is 10.0. The number of aromatic nitrogens is 2. The zero-order chi connectivity index (χ0) is 20.3. The van der Waals surface area contributed by atoms with E-state index in [1.54, 1.807) is 13.3 Å². The second kappa shape index (κ2) is 8.68. The van der Waals surface area contributed by atoms with Gasteiger partial charge in [0.05, 0.1) is 24.4 Å². The zero-order valence-electron chi connectivity index (χ0n) is 16.7. The molecule has 0 radical (unpaired) electrons. The van der Waals surface area contributed by atoms with Crippen molar-refractivity contribution in [1.29, 1.82) is 0 Å². The van der Waals surface area contributed by atoms with E-state index in [0.29, 0.717) is 31.3 Å². The van der Waals surface area contributed by atoms with Crippen LogP contribution in [0.1, 0.15) is 38.4 Å². The summed E-state index contributed by atoms with van der Waals surface area (Å²) < 4.78 is 4.97. The van der Waals surface area contributed by atoms with Crippen LogP contribution >= 0.6 is 11.6 Å². The van der Waals surface area contributed by atoms with E-state index in [-0.39, 0.29) is 17.4 Å². The molecule has 0 aliphatic carbocycles. The molecule has 8 heteroatoms. The van der Waals surface area contributed by atoms with Gasteiger partial charge in [-0.2, -0.15) is 5.10 Å². The molecule has 1 aromatic carbocycles. The number of aromatic amines is 1. The Labute approximate surface area is 170 Å². The molecule has 3 N–H and O–H groups in total. The summed E-state index contributed by atoms with van der Waals surface area (Å²) >= 11 is 6.25. The van der Waals surface area contributed by atoms with Gasteiger partial charge in [-0.15, -0.1) is 0 Å². The number of ether oxygens (including phenoxy) is 1. The highest BCUT2D eigenvalue weighted by Gasteiger charge is 2.40. The minimum Gasteiger partial charge on any atom is -0.388 e. The van der Waals surface area contributed by atoms with Gasteiger partial charge in [-0.05, 0) is 36.3 Å². The molecule has 1 aliphatic heterocycles. The van der Waals surface area contributed by atoms with Gasteiger partial charge in [0.25, 0.3) is 0 Å². The van der Waals surface area contributed by atoms with Crippen molar-refractivity contribution in [3.63, 3.8) is 0 Å². The van der Waals surface area contributed by atoms with Crippen LogP contribution in [-0.2, 0) is 4.74 Å². The summed E-state index contributed by atoms with van der Waals surface area (Å²) in [6.45, 7) is 6.53. The lowest BCUT2D eigenvalue weighted by atomic mass is 9.68. The van der Waals surface area contributed by atoms with Crippen LogP contribution in [0.5, 0.6) is 0 Å². The third kappa shape index (κ3) is 4.26. The third-order valence-electron chi connectivity index (χ3n) is 5.96. The van der Waals surface area contributed by atoms with E-state index >= 15 is 0 Å². The second-order valence-corrected chi connectivity index (χ2v) is 8.48. The number of amides is 2. The Morgan fingerprint density at radius 1 is 1.46 bits per heavy atom. The fourth-order valence-electron chi connectivity index (χ4n) is 4.09. The molecule has 1 aliphatic rings. The first kappa shape index (κ1) is 20.9. The molecule has 2 amide bonds. The minimum absolute atomic E-state index is 0.0529. The molecule has 0 saturated carbocycles. The highest BCUT2D eigenvalue weighted by molar-refractivity contribution is 6.31. The number of hydrogen-bond acceptors (Lipinski definition) is 4. The van der Waals surface area contributed by atoms with Crippen LogP contribution in [0.15, 0.2) is 18.3 Å². The maximum atomic E-state index is 12.2. The van der Waals surface area contributed by atoms with Crippen LogP contribution in [-0.4, -0.2) is 59.6 Å². The van der Waals surface area contributed by atoms with Crippen molar-refractivity contribution in [2.75, 3.05) is 33.4 Å². The van der Waals surface area contributed by atoms with E-state index < -0.39 is 6.10 Å². The van der Waals surface area contributed by atoms with Gasteiger partial charge in [0.1, 0.15) is 0 Å². The number of urea groups is 1. The number of rotatable bonds is 6. The number of fused-ring (bicyclic) bond motifs is 1. The summed E-state index contributed by atoms with van der Waals surface area (Å²) in [4.78, 5) is 14.1. The fraction of sp³-hybridized carbons (Fsp3) is 0.600. The predicted molar refractivity (Wildman–Crippen MR) is 109 cm³/mol. The van der Waals surface area contributed by atoms with Crippen molar-refractivity contribution >= 4 is 28.5 Å². The number of benzene rings is 1. The second-order valence-electron chi connectivity index (χ2n) is 8.04. The van der Waals surface area contributed by atoms with Gasteiger partial charge in [-0.1, -0.05) is 25.4 Å². The number of aliphatic hydroxyl groups excluding tert-OH is 1. The van der Waals surface area contributed by atoms with E-state index in [2.05, 4.69) is 29.4 Å². The molecule has 0 bridgehead atoms. The molecule has 2 heterocycles. The van der Waals surface area contributed by atoms with Crippen LogP contribution in [0.3, 0.4) is 0 Å². The molecule has 154 valence electrons. The Balaban J connectivity index is 1.68. The van der Waals surface area contributed by atoms with Gasteiger partial charge in [0.2, 0.25) is 0 Å². The van der Waals surface area contributed by atoms with Crippen LogP contribution in [0.2, 0.25) is 5.02 Å². The lowest BCUT2D eigenvalue weighted by Gasteiger charge is -2.43. The summed E-state index contributed by atoms with van der Waals surface area (Å²) in [6.07, 6.45) is 2.70. The van der Waals surface area contributed by atoms with Crippen LogP contribution in [0, 0.1) is 11.3 Å². The molecule has 1 fully saturated rings. The first-order valence-electron chi connectivity index (χ1n) is 9.67. The van der Waals surface area contributed by atoms with E-state index in [9.17, 15) is 9.90 Å². The van der Waals surface area contributed by atoms with Gasteiger partial charge in [-0.25, -0.2) is 4.79 Å². The SMILES string of the molecule is COCCNC(=O)N1CCC(C(C)(C)[C@H](O)c2cc(Cl)cc3cn[nH]c23)CC1. The topological polar surface area (TPSA) is 90.5 Å². The summed E-state index contributed by atoms with van der Waals surface area (Å²) in [6, 6.07) is 3.60. The van der Waals surface area contributed by atoms with Crippen molar-refractivity contribution < 1.29 is 14.6 Å². The van der Waals surface area contributed by atoms with E-state index in [4.69, 9.17) is 16.3 Å². The molecular weight excluding hydrogens is 380 g/mol.